The molecule has 0 saturated heterocycles. The van der Waals surface area contributed by atoms with Crippen LogP contribution in [0.15, 0.2) is 17.0 Å². The Labute approximate surface area is 118 Å². The molecule has 1 aliphatic rings. The number of amides is 1. The summed E-state index contributed by atoms with van der Waals surface area (Å²) in [6.07, 6.45) is 0. The second-order valence-corrected chi connectivity index (χ2v) is 6.45. The van der Waals surface area contributed by atoms with E-state index in [0.717, 1.165) is 0 Å². The molecule has 6 nitrogen and oxygen atoms in total. The third-order valence-electron chi connectivity index (χ3n) is 3.23. The van der Waals surface area contributed by atoms with Crippen LogP contribution in [0.2, 0.25) is 0 Å². The third-order valence-corrected chi connectivity index (χ3v) is 5.43. The Bertz CT molecular complexity index is 636. The lowest BCUT2D eigenvalue weighted by Gasteiger charge is -2.23. The Kier molecular flexibility index (Phi) is 4.01. The van der Waals surface area contributed by atoms with Crippen molar-refractivity contribution in [1.29, 1.82) is 0 Å². The first-order valence-electron chi connectivity index (χ1n) is 6.47. The monoisotopic (exact) mass is 298 g/mol. The second kappa shape index (κ2) is 5.41. The van der Waals surface area contributed by atoms with Gasteiger partial charge in [0.25, 0.3) is 5.91 Å². The smallest absolute Gasteiger partial charge is 0.262 e. The number of carbonyl (C=O) groups is 1. The zero-order chi connectivity index (χ0) is 14.9. The van der Waals surface area contributed by atoms with Crippen molar-refractivity contribution < 1.29 is 17.9 Å². The van der Waals surface area contributed by atoms with Gasteiger partial charge in [-0.15, -0.1) is 0 Å². The van der Waals surface area contributed by atoms with Crippen LogP contribution in [0.5, 0.6) is 5.75 Å². The molecule has 7 heteroatoms. The summed E-state index contributed by atoms with van der Waals surface area (Å²) < 4.78 is 31.8. The minimum absolute atomic E-state index is 0.0964. The summed E-state index contributed by atoms with van der Waals surface area (Å²) in [5, 5.41) is 2.66. The first-order valence-corrected chi connectivity index (χ1v) is 7.91. The Hall–Kier alpha value is -1.60. The normalized spacial score (nSPS) is 14.7. The molecule has 0 unspecified atom stereocenters. The number of hydrogen-bond donors (Lipinski definition) is 1. The van der Waals surface area contributed by atoms with Crippen LogP contribution in [0.25, 0.3) is 0 Å². The first-order chi connectivity index (χ1) is 9.40. The van der Waals surface area contributed by atoms with Crippen LogP contribution < -0.4 is 10.1 Å². The number of benzene rings is 1. The lowest BCUT2D eigenvalue weighted by Crippen LogP contribution is -2.31. The highest BCUT2D eigenvalue weighted by molar-refractivity contribution is 7.89. The van der Waals surface area contributed by atoms with Gasteiger partial charge in [0.15, 0.2) is 6.61 Å². The summed E-state index contributed by atoms with van der Waals surface area (Å²) in [6.45, 7) is 6.02. The van der Waals surface area contributed by atoms with Crippen LogP contribution in [0, 0.1) is 6.92 Å². The van der Waals surface area contributed by atoms with Crippen molar-refractivity contribution in [2.45, 2.75) is 25.7 Å². The van der Waals surface area contributed by atoms with Crippen molar-refractivity contribution in [2.24, 2.45) is 0 Å². The predicted octanol–water partition coefficient (Wildman–Crippen LogP) is 1.36. The van der Waals surface area contributed by atoms with Gasteiger partial charge in [0.05, 0.1) is 10.6 Å². The number of anilines is 1. The van der Waals surface area contributed by atoms with Gasteiger partial charge in [-0.25, -0.2) is 8.42 Å². The van der Waals surface area contributed by atoms with Gasteiger partial charge in [-0.05, 0) is 18.6 Å². The van der Waals surface area contributed by atoms with E-state index in [2.05, 4.69) is 5.32 Å². The first kappa shape index (κ1) is 14.8. The van der Waals surface area contributed by atoms with Crippen molar-refractivity contribution in [3.05, 3.63) is 17.7 Å². The molecule has 0 atom stereocenters. The minimum atomic E-state index is -3.54. The van der Waals surface area contributed by atoms with Crippen LogP contribution >= 0.6 is 0 Å². The van der Waals surface area contributed by atoms with E-state index >= 15 is 0 Å². The molecule has 20 heavy (non-hydrogen) atoms. The van der Waals surface area contributed by atoms with Crippen molar-refractivity contribution in [2.75, 3.05) is 25.0 Å². The van der Waals surface area contributed by atoms with Crippen LogP contribution in [-0.4, -0.2) is 38.3 Å². The van der Waals surface area contributed by atoms with Gasteiger partial charge in [0, 0.05) is 19.2 Å². The topological polar surface area (TPSA) is 75.7 Å². The molecule has 0 radical (unpaired) electrons. The van der Waals surface area contributed by atoms with Crippen molar-refractivity contribution >= 4 is 21.6 Å². The predicted molar refractivity (Wildman–Crippen MR) is 75.4 cm³/mol. The van der Waals surface area contributed by atoms with Crippen molar-refractivity contribution in [3.63, 3.8) is 0 Å². The summed E-state index contributed by atoms with van der Waals surface area (Å²) in [7, 11) is -3.54. The quantitative estimate of drug-likeness (QED) is 0.910. The van der Waals surface area contributed by atoms with Gasteiger partial charge < -0.3 is 10.1 Å². The fourth-order valence-electron chi connectivity index (χ4n) is 2.20. The van der Waals surface area contributed by atoms with Gasteiger partial charge in [0.2, 0.25) is 10.0 Å². The van der Waals surface area contributed by atoms with E-state index in [1.165, 1.54) is 10.4 Å². The summed E-state index contributed by atoms with van der Waals surface area (Å²) in [5.74, 6) is 0.150. The zero-order valence-corrected chi connectivity index (χ0v) is 12.6. The number of aryl methyl sites for hydroxylation is 1. The van der Waals surface area contributed by atoms with E-state index in [1.54, 1.807) is 26.8 Å². The van der Waals surface area contributed by atoms with E-state index in [0.29, 0.717) is 30.1 Å². The Morgan fingerprint density at radius 3 is 2.55 bits per heavy atom. The molecule has 1 aromatic rings. The summed E-state index contributed by atoms with van der Waals surface area (Å²) in [4.78, 5) is 11.5. The van der Waals surface area contributed by atoms with E-state index in [4.69, 9.17) is 4.74 Å². The van der Waals surface area contributed by atoms with Crippen LogP contribution in [-0.2, 0) is 14.8 Å². The molecule has 2 rings (SSSR count). The zero-order valence-electron chi connectivity index (χ0n) is 11.8. The van der Waals surface area contributed by atoms with E-state index in [1.807, 2.05) is 0 Å². The molecule has 0 saturated carbocycles. The fraction of sp³-hybridized carbons (Fsp3) is 0.462. The molecular weight excluding hydrogens is 280 g/mol. The standard InChI is InChI=1S/C13H18N2O4S/c1-4-15(5-2)20(17,18)12-7-11-10(6-9(12)3)14-13(16)8-19-11/h6-7H,4-5,8H2,1-3H3,(H,14,16). The van der Waals surface area contributed by atoms with E-state index < -0.39 is 10.0 Å². The summed E-state index contributed by atoms with van der Waals surface area (Å²) >= 11 is 0. The average Bonchev–Trinajstić information content (AvgIpc) is 2.38. The molecule has 1 aliphatic heterocycles. The minimum Gasteiger partial charge on any atom is -0.482 e. The van der Waals surface area contributed by atoms with Gasteiger partial charge in [-0.3, -0.25) is 4.79 Å². The molecule has 1 aromatic carbocycles. The maximum atomic E-state index is 12.5. The Morgan fingerprint density at radius 2 is 1.95 bits per heavy atom. The number of ether oxygens (including phenoxy) is 1. The van der Waals surface area contributed by atoms with Crippen LogP contribution in [0.3, 0.4) is 0 Å². The number of hydrogen-bond acceptors (Lipinski definition) is 4. The largest absolute Gasteiger partial charge is 0.482 e. The lowest BCUT2D eigenvalue weighted by molar-refractivity contribution is -0.118. The van der Waals surface area contributed by atoms with Gasteiger partial charge in [-0.1, -0.05) is 13.8 Å². The van der Waals surface area contributed by atoms with E-state index in [9.17, 15) is 13.2 Å². The molecule has 0 fully saturated rings. The lowest BCUT2D eigenvalue weighted by atomic mass is 10.2. The number of sulfonamides is 1. The molecule has 0 spiro atoms. The molecule has 0 aromatic heterocycles. The molecular formula is C13H18N2O4S. The fourth-order valence-corrected chi connectivity index (χ4v) is 3.88. The summed E-state index contributed by atoms with van der Waals surface area (Å²) in [5.41, 5.74) is 1.10. The third kappa shape index (κ3) is 2.51. The van der Waals surface area contributed by atoms with Crippen LogP contribution in [0.4, 0.5) is 5.69 Å². The number of fused-ring (bicyclic) bond motifs is 1. The van der Waals surface area contributed by atoms with E-state index in [-0.39, 0.29) is 17.4 Å². The Morgan fingerprint density at radius 1 is 1.30 bits per heavy atom. The molecule has 110 valence electrons. The molecule has 0 aliphatic carbocycles. The Balaban J connectivity index is 2.51. The van der Waals surface area contributed by atoms with Crippen LogP contribution in [0.1, 0.15) is 19.4 Å². The maximum absolute atomic E-state index is 12.5. The molecule has 1 heterocycles. The highest BCUT2D eigenvalue weighted by Gasteiger charge is 2.27. The molecule has 1 amide bonds. The average molecular weight is 298 g/mol. The second-order valence-electron chi connectivity index (χ2n) is 4.54. The van der Waals surface area contributed by atoms with Crippen molar-refractivity contribution in [3.8, 4) is 5.75 Å². The molecule has 1 N–H and O–H groups in total. The number of nitrogens with one attached hydrogen (secondary N) is 1. The van der Waals surface area contributed by atoms with Crippen molar-refractivity contribution in [1.82, 2.24) is 4.31 Å². The number of carbonyl (C=O) groups excluding carboxylic acids is 1. The van der Waals surface area contributed by atoms with Gasteiger partial charge in [0.1, 0.15) is 5.75 Å². The number of rotatable bonds is 4. The maximum Gasteiger partial charge on any atom is 0.262 e. The molecule has 0 bridgehead atoms. The van der Waals surface area contributed by atoms with Gasteiger partial charge >= 0.3 is 0 Å². The van der Waals surface area contributed by atoms with Gasteiger partial charge in [-0.2, -0.15) is 4.31 Å². The number of nitrogens with zero attached hydrogens (tertiary/aromatic N) is 1. The highest BCUT2D eigenvalue weighted by atomic mass is 32.2. The SMILES string of the molecule is CCN(CC)S(=O)(=O)c1cc2c(cc1C)NC(=O)CO2. The summed E-state index contributed by atoms with van der Waals surface area (Å²) in [6, 6.07) is 3.11. The highest BCUT2D eigenvalue weighted by Crippen LogP contribution is 2.33.